The first kappa shape index (κ1) is 17.9. The van der Waals surface area contributed by atoms with Gasteiger partial charge in [-0.25, -0.2) is 4.79 Å². The second-order valence-corrected chi connectivity index (χ2v) is 5.87. The molecule has 2 aromatic rings. The van der Waals surface area contributed by atoms with Gasteiger partial charge in [-0.05, 0) is 61.5 Å². The zero-order valence-corrected chi connectivity index (χ0v) is 14.8. The topological polar surface area (TPSA) is 50.4 Å². The summed E-state index contributed by atoms with van der Waals surface area (Å²) < 4.78 is 5.18. The molecule has 0 unspecified atom stereocenters. The van der Waals surface area contributed by atoms with Gasteiger partial charge in [0.1, 0.15) is 0 Å². The summed E-state index contributed by atoms with van der Waals surface area (Å²) in [5.41, 5.74) is 3.43. The van der Waals surface area contributed by atoms with Crippen molar-refractivity contribution >= 4 is 34.7 Å². The van der Waals surface area contributed by atoms with Crippen LogP contribution in [0.15, 0.2) is 48.5 Å². The van der Waals surface area contributed by atoms with Crippen molar-refractivity contribution in [3.05, 3.63) is 59.7 Å². The number of rotatable bonds is 6. The maximum Gasteiger partial charge on any atom is 0.338 e. The van der Waals surface area contributed by atoms with Crippen LogP contribution in [0.2, 0.25) is 0 Å². The molecule has 0 bridgehead atoms. The zero-order valence-electron chi connectivity index (χ0n) is 14.0. The standard InChI is InChI=1S/C19H22N2O2S/c1-3-4-13-23-18(22)15-9-11-16(12-10-15)20-19(24)21-17-8-6-5-7-14(17)2/h5-12H,3-4,13H2,1-2H3,(H2,20,21,24). The van der Waals surface area contributed by atoms with Crippen molar-refractivity contribution in [3.8, 4) is 0 Å². The van der Waals surface area contributed by atoms with E-state index in [1.165, 1.54) is 0 Å². The SMILES string of the molecule is CCCCOC(=O)c1ccc(NC(=S)Nc2ccccc2C)cc1. The van der Waals surface area contributed by atoms with Gasteiger partial charge in [0, 0.05) is 11.4 Å². The molecule has 0 saturated heterocycles. The first-order valence-corrected chi connectivity index (χ1v) is 8.42. The van der Waals surface area contributed by atoms with E-state index in [0.717, 1.165) is 29.8 Å². The van der Waals surface area contributed by atoms with Gasteiger partial charge in [-0.15, -0.1) is 0 Å². The molecule has 2 rings (SSSR count). The Morgan fingerprint density at radius 3 is 2.46 bits per heavy atom. The van der Waals surface area contributed by atoms with Gasteiger partial charge in [0.25, 0.3) is 0 Å². The molecule has 0 radical (unpaired) electrons. The molecule has 4 nitrogen and oxygen atoms in total. The number of nitrogens with one attached hydrogen (secondary N) is 2. The number of thiocarbonyl (C=S) groups is 1. The predicted molar refractivity (Wildman–Crippen MR) is 103 cm³/mol. The minimum absolute atomic E-state index is 0.296. The number of hydrogen-bond donors (Lipinski definition) is 2. The highest BCUT2D eigenvalue weighted by Crippen LogP contribution is 2.15. The second kappa shape index (κ2) is 9.03. The number of carbonyl (C=O) groups is 1. The number of hydrogen-bond acceptors (Lipinski definition) is 3. The van der Waals surface area contributed by atoms with Crippen LogP contribution in [0.5, 0.6) is 0 Å². The lowest BCUT2D eigenvalue weighted by molar-refractivity contribution is 0.0500. The highest BCUT2D eigenvalue weighted by molar-refractivity contribution is 7.80. The Labute approximate surface area is 148 Å². The van der Waals surface area contributed by atoms with E-state index in [9.17, 15) is 4.79 Å². The summed E-state index contributed by atoms with van der Waals surface area (Å²) >= 11 is 5.32. The number of anilines is 2. The average molecular weight is 342 g/mol. The van der Waals surface area contributed by atoms with E-state index in [-0.39, 0.29) is 5.97 Å². The molecule has 0 saturated carbocycles. The molecular formula is C19H22N2O2S. The van der Waals surface area contributed by atoms with Crippen molar-refractivity contribution in [2.24, 2.45) is 0 Å². The molecule has 2 aromatic carbocycles. The van der Waals surface area contributed by atoms with Crippen molar-refractivity contribution < 1.29 is 9.53 Å². The second-order valence-electron chi connectivity index (χ2n) is 5.46. The Morgan fingerprint density at radius 2 is 1.79 bits per heavy atom. The van der Waals surface area contributed by atoms with E-state index in [0.29, 0.717) is 17.3 Å². The van der Waals surface area contributed by atoms with Crippen LogP contribution in [0, 0.1) is 6.92 Å². The quantitative estimate of drug-likeness (QED) is 0.450. The van der Waals surface area contributed by atoms with Gasteiger partial charge in [-0.1, -0.05) is 31.5 Å². The van der Waals surface area contributed by atoms with Gasteiger partial charge >= 0.3 is 5.97 Å². The first-order valence-electron chi connectivity index (χ1n) is 8.01. The van der Waals surface area contributed by atoms with Crippen molar-refractivity contribution in [2.45, 2.75) is 26.7 Å². The van der Waals surface area contributed by atoms with E-state index in [4.69, 9.17) is 17.0 Å². The normalized spacial score (nSPS) is 10.1. The summed E-state index contributed by atoms with van der Waals surface area (Å²) in [4.78, 5) is 11.9. The van der Waals surface area contributed by atoms with Crippen LogP contribution in [-0.4, -0.2) is 17.7 Å². The van der Waals surface area contributed by atoms with E-state index < -0.39 is 0 Å². The molecule has 126 valence electrons. The van der Waals surface area contributed by atoms with Crippen LogP contribution < -0.4 is 10.6 Å². The van der Waals surface area contributed by atoms with Crippen LogP contribution in [0.3, 0.4) is 0 Å². The van der Waals surface area contributed by atoms with Gasteiger partial charge in [-0.2, -0.15) is 0 Å². The van der Waals surface area contributed by atoms with E-state index >= 15 is 0 Å². The summed E-state index contributed by atoms with van der Waals surface area (Å²) in [6.07, 6.45) is 1.88. The molecule has 0 aliphatic rings. The van der Waals surface area contributed by atoms with E-state index in [1.54, 1.807) is 12.1 Å². The average Bonchev–Trinajstić information content (AvgIpc) is 2.58. The lowest BCUT2D eigenvalue weighted by Crippen LogP contribution is -2.19. The van der Waals surface area contributed by atoms with E-state index in [2.05, 4.69) is 17.6 Å². The Hall–Kier alpha value is -2.40. The molecule has 0 amide bonds. The molecule has 0 spiro atoms. The van der Waals surface area contributed by atoms with Gasteiger partial charge in [0.15, 0.2) is 5.11 Å². The lowest BCUT2D eigenvalue weighted by Gasteiger charge is -2.12. The molecule has 0 aliphatic heterocycles. The minimum Gasteiger partial charge on any atom is -0.462 e. The van der Waals surface area contributed by atoms with Crippen molar-refractivity contribution in [1.29, 1.82) is 0 Å². The van der Waals surface area contributed by atoms with E-state index in [1.807, 2.05) is 43.3 Å². The molecular weight excluding hydrogens is 320 g/mol. The summed E-state index contributed by atoms with van der Waals surface area (Å²) in [7, 11) is 0. The fourth-order valence-corrected chi connectivity index (χ4v) is 2.31. The third-order valence-corrected chi connectivity index (χ3v) is 3.71. The maximum absolute atomic E-state index is 11.9. The summed E-state index contributed by atoms with van der Waals surface area (Å²) in [5, 5.41) is 6.77. The molecule has 0 heterocycles. The monoisotopic (exact) mass is 342 g/mol. The number of unbranched alkanes of at least 4 members (excludes halogenated alkanes) is 1. The molecule has 0 aliphatic carbocycles. The smallest absolute Gasteiger partial charge is 0.338 e. The van der Waals surface area contributed by atoms with Crippen LogP contribution in [-0.2, 0) is 4.74 Å². The van der Waals surface area contributed by atoms with Crippen LogP contribution in [0.1, 0.15) is 35.7 Å². The molecule has 0 fully saturated rings. The number of benzene rings is 2. The predicted octanol–water partition coefficient (Wildman–Crippen LogP) is 4.76. The largest absolute Gasteiger partial charge is 0.462 e. The third kappa shape index (κ3) is 5.35. The number of aryl methyl sites for hydroxylation is 1. The zero-order chi connectivity index (χ0) is 17.4. The Balaban J connectivity index is 1.90. The number of ether oxygens (including phenoxy) is 1. The van der Waals surface area contributed by atoms with Gasteiger partial charge in [0.05, 0.1) is 12.2 Å². The minimum atomic E-state index is -0.296. The van der Waals surface area contributed by atoms with Crippen LogP contribution >= 0.6 is 12.2 Å². The fourth-order valence-electron chi connectivity index (χ4n) is 2.08. The van der Waals surface area contributed by atoms with Crippen LogP contribution in [0.25, 0.3) is 0 Å². The number of esters is 1. The first-order chi connectivity index (χ1) is 11.6. The van der Waals surface area contributed by atoms with Crippen LogP contribution in [0.4, 0.5) is 11.4 Å². The van der Waals surface area contributed by atoms with Crippen molar-refractivity contribution in [1.82, 2.24) is 0 Å². The highest BCUT2D eigenvalue weighted by Gasteiger charge is 2.07. The Kier molecular flexibility index (Phi) is 6.75. The maximum atomic E-state index is 11.9. The number of para-hydroxylation sites is 1. The fraction of sp³-hybridized carbons (Fsp3) is 0.263. The molecule has 2 N–H and O–H groups in total. The number of carbonyl (C=O) groups excluding carboxylic acids is 1. The Bertz CT molecular complexity index is 699. The van der Waals surface area contributed by atoms with Crippen molar-refractivity contribution in [2.75, 3.05) is 17.2 Å². The molecule has 5 heteroatoms. The molecule has 24 heavy (non-hydrogen) atoms. The summed E-state index contributed by atoms with van der Waals surface area (Å²) in [6.45, 7) is 4.53. The van der Waals surface area contributed by atoms with Gasteiger partial charge < -0.3 is 15.4 Å². The highest BCUT2D eigenvalue weighted by atomic mass is 32.1. The van der Waals surface area contributed by atoms with Gasteiger partial charge in [-0.3, -0.25) is 0 Å². The summed E-state index contributed by atoms with van der Waals surface area (Å²) in [6, 6.07) is 15.0. The molecule has 0 atom stereocenters. The lowest BCUT2D eigenvalue weighted by atomic mass is 10.2. The van der Waals surface area contributed by atoms with Crippen molar-refractivity contribution in [3.63, 3.8) is 0 Å². The Morgan fingerprint density at radius 1 is 1.08 bits per heavy atom. The third-order valence-electron chi connectivity index (χ3n) is 3.50. The summed E-state index contributed by atoms with van der Waals surface area (Å²) in [5.74, 6) is -0.296. The van der Waals surface area contributed by atoms with Gasteiger partial charge in [0.2, 0.25) is 0 Å². The molecule has 0 aromatic heterocycles.